The fourth-order valence-corrected chi connectivity index (χ4v) is 2.85. The van der Waals surface area contributed by atoms with E-state index in [4.69, 9.17) is 0 Å². The van der Waals surface area contributed by atoms with Gasteiger partial charge in [0, 0.05) is 5.56 Å². The Morgan fingerprint density at radius 1 is 0.957 bits per heavy atom. The molecule has 1 N–H and O–H groups in total. The van der Waals surface area contributed by atoms with E-state index in [0.717, 1.165) is 22.8 Å². The van der Waals surface area contributed by atoms with Crippen molar-refractivity contribution in [1.29, 1.82) is 0 Å². The van der Waals surface area contributed by atoms with Gasteiger partial charge in [-0.15, -0.1) is 0 Å². The smallest absolute Gasteiger partial charge is 0.196 e. The van der Waals surface area contributed by atoms with Gasteiger partial charge in [0.1, 0.15) is 5.75 Å². The number of phenolic OH excluding ortho intramolecular Hbond substituents is 1. The Kier molecular flexibility index (Phi) is 4.16. The summed E-state index contributed by atoms with van der Waals surface area (Å²) in [5.74, 6) is 0.419. The second-order valence-corrected chi connectivity index (χ2v) is 6.34. The minimum absolute atomic E-state index is 0.0568. The standard InChI is InChI=1S/C21H20O2/c1-14(2)11-15-7-10-19(20(22)12-15)21(23)18-9-8-16-5-3-4-6-17(16)13-18/h3-10,12-14,22H,11H2,1-2H3. The van der Waals surface area contributed by atoms with Gasteiger partial charge < -0.3 is 5.11 Å². The molecule has 0 unspecified atom stereocenters. The molecule has 3 aromatic carbocycles. The van der Waals surface area contributed by atoms with Crippen molar-refractivity contribution in [2.75, 3.05) is 0 Å². The number of benzene rings is 3. The van der Waals surface area contributed by atoms with Crippen molar-refractivity contribution >= 4 is 16.6 Å². The van der Waals surface area contributed by atoms with Gasteiger partial charge in [-0.3, -0.25) is 4.79 Å². The summed E-state index contributed by atoms with van der Waals surface area (Å²) in [5.41, 5.74) is 2.00. The van der Waals surface area contributed by atoms with E-state index < -0.39 is 0 Å². The van der Waals surface area contributed by atoms with Crippen molar-refractivity contribution in [3.8, 4) is 5.75 Å². The van der Waals surface area contributed by atoms with Crippen LogP contribution in [0.25, 0.3) is 10.8 Å². The summed E-state index contributed by atoms with van der Waals surface area (Å²) in [6.45, 7) is 4.26. The molecule has 0 bridgehead atoms. The molecule has 0 fully saturated rings. The summed E-state index contributed by atoms with van der Waals surface area (Å²) in [5, 5.41) is 12.3. The molecular weight excluding hydrogens is 284 g/mol. The van der Waals surface area contributed by atoms with Gasteiger partial charge >= 0.3 is 0 Å². The predicted molar refractivity (Wildman–Crippen MR) is 94.0 cm³/mol. The fourth-order valence-electron chi connectivity index (χ4n) is 2.85. The summed E-state index contributed by atoms with van der Waals surface area (Å²) in [4.78, 5) is 12.7. The maximum atomic E-state index is 12.7. The molecule has 0 atom stereocenters. The molecule has 0 aliphatic carbocycles. The fraction of sp³-hybridized carbons (Fsp3) is 0.190. The van der Waals surface area contributed by atoms with Crippen molar-refractivity contribution in [3.63, 3.8) is 0 Å². The molecule has 0 radical (unpaired) electrons. The molecule has 0 aliphatic rings. The van der Waals surface area contributed by atoms with Gasteiger partial charge in [0.05, 0.1) is 5.56 Å². The lowest BCUT2D eigenvalue weighted by Gasteiger charge is -2.09. The molecular formula is C21H20O2. The van der Waals surface area contributed by atoms with Crippen LogP contribution in [0.5, 0.6) is 5.75 Å². The number of fused-ring (bicyclic) bond motifs is 1. The SMILES string of the molecule is CC(C)Cc1ccc(C(=O)c2ccc3ccccc3c2)c(O)c1. The lowest BCUT2D eigenvalue weighted by molar-refractivity contribution is 0.103. The highest BCUT2D eigenvalue weighted by molar-refractivity contribution is 6.12. The largest absolute Gasteiger partial charge is 0.507 e. The number of phenols is 1. The third-order valence-corrected chi connectivity index (χ3v) is 3.96. The Morgan fingerprint density at radius 3 is 2.39 bits per heavy atom. The van der Waals surface area contributed by atoms with E-state index in [1.165, 1.54) is 0 Å². The number of aromatic hydroxyl groups is 1. The van der Waals surface area contributed by atoms with E-state index in [-0.39, 0.29) is 11.5 Å². The first-order valence-electron chi connectivity index (χ1n) is 7.90. The van der Waals surface area contributed by atoms with E-state index in [2.05, 4.69) is 13.8 Å². The van der Waals surface area contributed by atoms with Crippen molar-refractivity contribution < 1.29 is 9.90 Å². The lowest BCUT2D eigenvalue weighted by Crippen LogP contribution is -2.03. The van der Waals surface area contributed by atoms with Gasteiger partial charge in [-0.05, 0) is 46.9 Å². The molecule has 0 aliphatic heterocycles. The van der Waals surface area contributed by atoms with Crippen molar-refractivity contribution in [1.82, 2.24) is 0 Å². The molecule has 0 aromatic heterocycles. The quantitative estimate of drug-likeness (QED) is 0.691. The van der Waals surface area contributed by atoms with Crippen LogP contribution in [0, 0.1) is 5.92 Å². The van der Waals surface area contributed by atoms with Crippen LogP contribution in [0.15, 0.2) is 60.7 Å². The highest BCUT2D eigenvalue weighted by Gasteiger charge is 2.14. The summed E-state index contributed by atoms with van der Waals surface area (Å²) < 4.78 is 0. The Labute approximate surface area is 136 Å². The number of hydrogen-bond acceptors (Lipinski definition) is 2. The maximum Gasteiger partial charge on any atom is 0.196 e. The van der Waals surface area contributed by atoms with Crippen molar-refractivity contribution in [3.05, 3.63) is 77.4 Å². The van der Waals surface area contributed by atoms with Crippen LogP contribution in [0.3, 0.4) is 0 Å². The van der Waals surface area contributed by atoms with Crippen LogP contribution in [0.4, 0.5) is 0 Å². The van der Waals surface area contributed by atoms with Crippen molar-refractivity contribution in [2.24, 2.45) is 5.92 Å². The highest BCUT2D eigenvalue weighted by Crippen LogP contribution is 2.25. The number of ketones is 1. The molecule has 3 rings (SSSR count). The maximum absolute atomic E-state index is 12.7. The first kappa shape index (κ1) is 15.3. The van der Waals surface area contributed by atoms with Gasteiger partial charge in [0.2, 0.25) is 0 Å². The average Bonchev–Trinajstić information content (AvgIpc) is 2.53. The van der Waals surface area contributed by atoms with E-state index in [9.17, 15) is 9.90 Å². The molecule has 0 spiro atoms. The van der Waals surface area contributed by atoms with Gasteiger partial charge in [0.25, 0.3) is 0 Å². The van der Waals surface area contributed by atoms with Crippen LogP contribution < -0.4 is 0 Å². The second kappa shape index (κ2) is 6.25. The van der Waals surface area contributed by atoms with E-state index in [0.29, 0.717) is 17.0 Å². The number of hydrogen-bond donors (Lipinski definition) is 1. The Hall–Kier alpha value is -2.61. The van der Waals surface area contributed by atoms with Gasteiger partial charge in [0.15, 0.2) is 5.78 Å². The van der Waals surface area contributed by atoms with E-state index >= 15 is 0 Å². The summed E-state index contributed by atoms with van der Waals surface area (Å²) in [6, 6.07) is 18.9. The highest BCUT2D eigenvalue weighted by atomic mass is 16.3. The number of rotatable bonds is 4. The zero-order valence-electron chi connectivity index (χ0n) is 13.4. The zero-order valence-corrected chi connectivity index (χ0v) is 13.4. The summed E-state index contributed by atoms with van der Waals surface area (Å²) >= 11 is 0. The molecule has 0 amide bonds. The summed E-state index contributed by atoms with van der Waals surface area (Å²) in [7, 11) is 0. The molecule has 2 nitrogen and oxygen atoms in total. The monoisotopic (exact) mass is 304 g/mol. The molecule has 0 saturated carbocycles. The Balaban J connectivity index is 1.95. The molecule has 0 saturated heterocycles. The van der Waals surface area contributed by atoms with Gasteiger partial charge in [-0.1, -0.05) is 56.3 Å². The molecule has 3 aromatic rings. The van der Waals surface area contributed by atoms with Crippen LogP contribution in [-0.4, -0.2) is 10.9 Å². The topological polar surface area (TPSA) is 37.3 Å². The molecule has 23 heavy (non-hydrogen) atoms. The Bertz CT molecular complexity index is 863. The summed E-state index contributed by atoms with van der Waals surface area (Å²) in [6.07, 6.45) is 0.887. The van der Waals surface area contributed by atoms with Crippen molar-refractivity contribution in [2.45, 2.75) is 20.3 Å². The van der Waals surface area contributed by atoms with E-state index in [1.54, 1.807) is 12.1 Å². The van der Waals surface area contributed by atoms with Crippen LogP contribution in [-0.2, 0) is 6.42 Å². The minimum atomic E-state index is -0.149. The third-order valence-electron chi connectivity index (χ3n) is 3.96. The zero-order chi connectivity index (χ0) is 16.4. The average molecular weight is 304 g/mol. The normalized spacial score (nSPS) is 11.1. The lowest BCUT2D eigenvalue weighted by atomic mass is 9.96. The van der Waals surface area contributed by atoms with Gasteiger partial charge in [-0.2, -0.15) is 0 Å². The second-order valence-electron chi connectivity index (χ2n) is 6.34. The van der Waals surface area contributed by atoms with Crippen LogP contribution in [0.1, 0.15) is 35.3 Å². The van der Waals surface area contributed by atoms with Crippen LogP contribution >= 0.6 is 0 Å². The van der Waals surface area contributed by atoms with Crippen LogP contribution in [0.2, 0.25) is 0 Å². The Morgan fingerprint density at radius 2 is 1.70 bits per heavy atom. The molecule has 116 valence electrons. The predicted octanol–water partition coefficient (Wildman–Crippen LogP) is 4.97. The number of carbonyl (C=O) groups excluding carboxylic acids is 1. The third kappa shape index (κ3) is 3.26. The minimum Gasteiger partial charge on any atom is -0.507 e. The first-order chi connectivity index (χ1) is 11.0. The molecule has 0 heterocycles. The number of carbonyl (C=O) groups is 1. The van der Waals surface area contributed by atoms with E-state index in [1.807, 2.05) is 48.5 Å². The van der Waals surface area contributed by atoms with Gasteiger partial charge in [-0.25, -0.2) is 0 Å². The molecule has 2 heteroatoms. The first-order valence-corrected chi connectivity index (χ1v) is 7.90.